The van der Waals surface area contributed by atoms with E-state index in [0.29, 0.717) is 13.2 Å². The van der Waals surface area contributed by atoms with Crippen molar-refractivity contribution < 1.29 is 9.53 Å². The topological polar surface area (TPSA) is 38.3 Å². The molecule has 1 saturated heterocycles. The number of carbonyl (C=O) groups excluding carboxylic acids is 1. The van der Waals surface area contributed by atoms with Gasteiger partial charge in [-0.2, -0.15) is 0 Å². The molecule has 0 aromatic heterocycles. The summed E-state index contributed by atoms with van der Waals surface area (Å²) in [5.41, 5.74) is 0. The minimum absolute atomic E-state index is 0.0972. The summed E-state index contributed by atoms with van der Waals surface area (Å²) in [7, 11) is 0. The summed E-state index contributed by atoms with van der Waals surface area (Å²) in [6, 6.07) is 0. The highest BCUT2D eigenvalue weighted by molar-refractivity contribution is 5.79. The predicted octanol–water partition coefficient (Wildman–Crippen LogP) is 0.157. The Morgan fingerprint density at radius 3 is 2.80 bits per heavy atom. The van der Waals surface area contributed by atoms with E-state index in [9.17, 15) is 4.79 Å². The van der Waals surface area contributed by atoms with Crippen LogP contribution in [0, 0.1) is 5.92 Å². The van der Waals surface area contributed by atoms with E-state index in [1.54, 1.807) is 0 Å². The van der Waals surface area contributed by atoms with Gasteiger partial charge in [0.25, 0.3) is 0 Å². The zero-order chi connectivity index (χ0) is 7.56. The maximum atomic E-state index is 11.0. The largest absolute Gasteiger partial charge is 0.377 e. The van der Waals surface area contributed by atoms with Crippen LogP contribution in [0.4, 0.5) is 0 Å². The van der Waals surface area contributed by atoms with Gasteiger partial charge in [-0.3, -0.25) is 4.79 Å². The summed E-state index contributed by atoms with van der Waals surface area (Å²) >= 11 is 0. The number of amides is 1. The Morgan fingerprint density at radius 2 is 2.50 bits per heavy atom. The highest BCUT2D eigenvalue weighted by atomic mass is 16.5. The maximum Gasteiger partial charge on any atom is 0.228 e. The predicted molar refractivity (Wildman–Crippen MR) is 37.6 cm³/mol. The van der Waals surface area contributed by atoms with E-state index in [-0.39, 0.29) is 17.9 Å². The molecule has 0 aliphatic carbocycles. The fraction of sp³-hybridized carbons (Fsp3) is 0.857. The van der Waals surface area contributed by atoms with E-state index in [2.05, 4.69) is 5.32 Å². The first kappa shape index (κ1) is 7.54. The number of hydrogen-bond acceptors (Lipinski definition) is 2. The summed E-state index contributed by atoms with van der Waals surface area (Å²) in [6.07, 6.45) is 0.117. The van der Waals surface area contributed by atoms with E-state index in [1.165, 1.54) is 0 Å². The molecule has 10 heavy (non-hydrogen) atoms. The molecule has 1 aliphatic heterocycles. The van der Waals surface area contributed by atoms with Crippen LogP contribution in [0.15, 0.2) is 0 Å². The molecule has 0 bridgehead atoms. The minimum atomic E-state index is 0.0972. The average molecular weight is 143 g/mol. The van der Waals surface area contributed by atoms with Crippen LogP contribution < -0.4 is 5.32 Å². The second-order valence-electron chi connectivity index (χ2n) is 2.54. The lowest BCUT2D eigenvalue weighted by atomic mass is 9.99. The molecular weight excluding hydrogens is 130 g/mol. The summed E-state index contributed by atoms with van der Waals surface area (Å²) in [6.45, 7) is 5.14. The molecule has 3 heteroatoms. The molecule has 0 aromatic rings. The van der Waals surface area contributed by atoms with Crippen molar-refractivity contribution in [2.45, 2.75) is 20.0 Å². The maximum absolute atomic E-state index is 11.0. The average Bonchev–Trinajstić information content (AvgIpc) is 1.85. The lowest BCUT2D eigenvalue weighted by Gasteiger charge is -2.32. The van der Waals surface area contributed by atoms with Gasteiger partial charge in [-0.15, -0.1) is 0 Å². The molecule has 0 spiro atoms. The Balaban J connectivity index is 2.27. The van der Waals surface area contributed by atoms with Crippen molar-refractivity contribution >= 4 is 5.91 Å². The van der Waals surface area contributed by atoms with Gasteiger partial charge in [0.15, 0.2) is 0 Å². The molecule has 58 valence electrons. The van der Waals surface area contributed by atoms with Crippen molar-refractivity contribution in [2.75, 3.05) is 13.2 Å². The van der Waals surface area contributed by atoms with E-state index in [1.807, 2.05) is 13.8 Å². The molecular formula is C7H13NO2. The highest BCUT2D eigenvalue weighted by Gasteiger charge is 2.33. The van der Waals surface area contributed by atoms with Gasteiger partial charge in [0.1, 0.15) is 0 Å². The van der Waals surface area contributed by atoms with E-state index in [0.717, 1.165) is 0 Å². The molecule has 1 amide bonds. The quantitative estimate of drug-likeness (QED) is 0.598. The minimum Gasteiger partial charge on any atom is -0.377 e. The van der Waals surface area contributed by atoms with Crippen molar-refractivity contribution in [1.29, 1.82) is 0 Å². The molecule has 0 saturated carbocycles. The summed E-state index contributed by atoms with van der Waals surface area (Å²) in [5.74, 6) is 0.223. The standard InChI is InChI=1S/C7H13NO2/c1-3-8-7(9)6-4-10-5(6)2/h5-6H,3-4H2,1-2H3,(H,8,9). The normalized spacial score (nSPS) is 31.0. The SMILES string of the molecule is CCNC(=O)C1COC1C. The molecule has 1 N–H and O–H groups in total. The molecule has 1 rings (SSSR count). The first-order valence-electron chi connectivity index (χ1n) is 3.65. The third kappa shape index (κ3) is 1.29. The number of ether oxygens (including phenoxy) is 1. The summed E-state index contributed by atoms with van der Waals surface area (Å²) in [5, 5.41) is 2.76. The van der Waals surface area contributed by atoms with E-state index >= 15 is 0 Å². The van der Waals surface area contributed by atoms with Gasteiger partial charge in [0, 0.05) is 6.54 Å². The number of hydrogen-bond donors (Lipinski definition) is 1. The third-order valence-electron chi connectivity index (χ3n) is 1.79. The van der Waals surface area contributed by atoms with Crippen LogP contribution in [0.5, 0.6) is 0 Å². The molecule has 0 radical (unpaired) electrons. The van der Waals surface area contributed by atoms with Gasteiger partial charge in [-0.1, -0.05) is 0 Å². The Bertz CT molecular complexity index is 136. The van der Waals surface area contributed by atoms with Crippen molar-refractivity contribution in [3.63, 3.8) is 0 Å². The van der Waals surface area contributed by atoms with Crippen LogP contribution in [-0.2, 0) is 9.53 Å². The molecule has 3 nitrogen and oxygen atoms in total. The fourth-order valence-corrected chi connectivity index (χ4v) is 0.979. The zero-order valence-electron chi connectivity index (χ0n) is 6.39. The van der Waals surface area contributed by atoms with Gasteiger partial charge >= 0.3 is 0 Å². The lowest BCUT2D eigenvalue weighted by molar-refractivity contribution is -0.152. The molecule has 2 atom stereocenters. The number of rotatable bonds is 2. The van der Waals surface area contributed by atoms with Crippen molar-refractivity contribution in [2.24, 2.45) is 5.92 Å². The van der Waals surface area contributed by atoms with Crippen LogP contribution in [0.2, 0.25) is 0 Å². The smallest absolute Gasteiger partial charge is 0.228 e. The van der Waals surface area contributed by atoms with Crippen molar-refractivity contribution in [3.8, 4) is 0 Å². The second kappa shape index (κ2) is 3.01. The second-order valence-corrected chi connectivity index (χ2v) is 2.54. The van der Waals surface area contributed by atoms with Gasteiger partial charge < -0.3 is 10.1 Å². The van der Waals surface area contributed by atoms with Crippen molar-refractivity contribution in [1.82, 2.24) is 5.32 Å². The third-order valence-corrected chi connectivity index (χ3v) is 1.79. The first-order chi connectivity index (χ1) is 4.75. The number of carbonyl (C=O) groups is 1. The Kier molecular flexibility index (Phi) is 2.27. The Labute approximate surface area is 60.7 Å². The molecule has 2 unspecified atom stereocenters. The van der Waals surface area contributed by atoms with E-state index < -0.39 is 0 Å². The van der Waals surface area contributed by atoms with Crippen LogP contribution in [-0.4, -0.2) is 25.2 Å². The van der Waals surface area contributed by atoms with Crippen molar-refractivity contribution in [3.05, 3.63) is 0 Å². The van der Waals surface area contributed by atoms with Gasteiger partial charge in [0.05, 0.1) is 18.6 Å². The summed E-state index contributed by atoms with van der Waals surface area (Å²) in [4.78, 5) is 11.0. The van der Waals surface area contributed by atoms with Crippen LogP contribution >= 0.6 is 0 Å². The lowest BCUT2D eigenvalue weighted by Crippen LogP contribution is -2.47. The Morgan fingerprint density at radius 1 is 1.80 bits per heavy atom. The monoisotopic (exact) mass is 143 g/mol. The van der Waals surface area contributed by atoms with Crippen LogP contribution in [0.25, 0.3) is 0 Å². The van der Waals surface area contributed by atoms with Gasteiger partial charge in [0.2, 0.25) is 5.91 Å². The molecule has 1 aliphatic rings. The first-order valence-corrected chi connectivity index (χ1v) is 3.65. The molecule has 1 heterocycles. The van der Waals surface area contributed by atoms with Gasteiger partial charge in [-0.05, 0) is 13.8 Å². The highest BCUT2D eigenvalue weighted by Crippen LogP contribution is 2.19. The fourth-order valence-electron chi connectivity index (χ4n) is 0.979. The Hall–Kier alpha value is -0.570. The van der Waals surface area contributed by atoms with Crippen LogP contribution in [0.1, 0.15) is 13.8 Å². The zero-order valence-corrected chi connectivity index (χ0v) is 6.39. The molecule has 0 aromatic carbocycles. The van der Waals surface area contributed by atoms with E-state index in [4.69, 9.17) is 4.74 Å². The van der Waals surface area contributed by atoms with Crippen LogP contribution in [0.3, 0.4) is 0 Å². The van der Waals surface area contributed by atoms with Gasteiger partial charge in [-0.25, -0.2) is 0 Å². The summed E-state index contributed by atoms with van der Waals surface area (Å²) < 4.78 is 5.05. The number of nitrogens with one attached hydrogen (secondary N) is 1. The molecule has 1 fully saturated rings.